The van der Waals surface area contributed by atoms with Crippen LogP contribution in [0.25, 0.3) is 0 Å². The molecular weight excluding hydrogens is 318 g/mol. The average Bonchev–Trinajstić information content (AvgIpc) is 2.90. The zero-order valence-electron chi connectivity index (χ0n) is 12.0. The molecule has 0 spiro atoms. The van der Waals surface area contributed by atoms with Crippen LogP contribution in [-0.4, -0.2) is 13.3 Å². The van der Waals surface area contributed by atoms with Crippen LogP contribution >= 0.6 is 15.9 Å². The molecule has 3 nitrogen and oxygen atoms in total. The first kappa shape index (κ1) is 14.2. The molecule has 1 aromatic rings. The molecule has 20 heavy (non-hydrogen) atoms. The molecule has 2 aliphatic rings. The van der Waals surface area contributed by atoms with E-state index in [0.717, 1.165) is 40.9 Å². The highest BCUT2D eigenvalue weighted by molar-refractivity contribution is 9.10. The Hall–Kier alpha value is -0.740. The summed E-state index contributed by atoms with van der Waals surface area (Å²) in [6.07, 6.45) is 5.57. The van der Waals surface area contributed by atoms with Crippen molar-refractivity contribution in [1.82, 2.24) is 5.32 Å². The molecule has 110 valence electrons. The monoisotopic (exact) mass is 339 g/mol. The highest BCUT2D eigenvalue weighted by atomic mass is 79.9. The average molecular weight is 340 g/mol. The van der Waals surface area contributed by atoms with Gasteiger partial charge in [0.05, 0.1) is 4.47 Å². The second-order valence-corrected chi connectivity index (χ2v) is 6.82. The lowest BCUT2D eigenvalue weighted by Crippen LogP contribution is -2.29. The number of hydrogen-bond acceptors (Lipinski definition) is 3. The van der Waals surface area contributed by atoms with Crippen LogP contribution in [0.2, 0.25) is 0 Å². The van der Waals surface area contributed by atoms with Gasteiger partial charge in [0.15, 0.2) is 11.5 Å². The van der Waals surface area contributed by atoms with Gasteiger partial charge in [0, 0.05) is 6.54 Å². The maximum atomic E-state index is 5.45. The van der Waals surface area contributed by atoms with E-state index < -0.39 is 0 Å². The van der Waals surface area contributed by atoms with Gasteiger partial charge in [-0.3, -0.25) is 0 Å². The summed E-state index contributed by atoms with van der Waals surface area (Å²) in [5.41, 5.74) is 1.24. The number of hydrogen-bond donors (Lipinski definition) is 1. The van der Waals surface area contributed by atoms with Gasteiger partial charge in [0.2, 0.25) is 6.79 Å². The molecule has 1 aliphatic heterocycles. The summed E-state index contributed by atoms with van der Waals surface area (Å²) in [5.74, 6) is 3.37. The third kappa shape index (κ3) is 3.12. The minimum Gasteiger partial charge on any atom is -0.454 e. The number of halogens is 1. The molecule has 1 heterocycles. The normalized spacial score (nSPS) is 24.9. The van der Waals surface area contributed by atoms with E-state index in [0.29, 0.717) is 6.79 Å². The van der Waals surface area contributed by atoms with Crippen LogP contribution in [0.15, 0.2) is 16.6 Å². The van der Waals surface area contributed by atoms with Crippen molar-refractivity contribution in [2.45, 2.75) is 39.2 Å². The first-order valence-corrected chi connectivity index (χ1v) is 8.32. The van der Waals surface area contributed by atoms with Gasteiger partial charge in [0.25, 0.3) is 0 Å². The van der Waals surface area contributed by atoms with Crippen molar-refractivity contribution < 1.29 is 9.47 Å². The highest BCUT2D eigenvalue weighted by Crippen LogP contribution is 2.40. The zero-order chi connectivity index (χ0) is 13.9. The fourth-order valence-electron chi connectivity index (χ4n) is 3.22. The predicted molar refractivity (Wildman–Crippen MR) is 83.1 cm³/mol. The van der Waals surface area contributed by atoms with Gasteiger partial charge in [-0.2, -0.15) is 0 Å². The summed E-state index contributed by atoms with van der Waals surface area (Å²) in [4.78, 5) is 0. The van der Waals surface area contributed by atoms with E-state index in [9.17, 15) is 0 Å². The van der Waals surface area contributed by atoms with E-state index in [1.54, 1.807) is 0 Å². The van der Waals surface area contributed by atoms with Crippen molar-refractivity contribution in [3.8, 4) is 11.5 Å². The number of benzene rings is 1. The summed E-state index contributed by atoms with van der Waals surface area (Å²) < 4.78 is 11.8. The smallest absolute Gasteiger partial charge is 0.231 e. The molecule has 1 aliphatic carbocycles. The third-order valence-corrected chi connectivity index (χ3v) is 5.10. The Bertz CT molecular complexity index is 478. The van der Waals surface area contributed by atoms with Crippen LogP contribution in [0.5, 0.6) is 11.5 Å². The molecule has 3 rings (SSSR count). The van der Waals surface area contributed by atoms with Gasteiger partial charge < -0.3 is 14.8 Å². The Labute approximate surface area is 129 Å². The summed E-state index contributed by atoms with van der Waals surface area (Å²) >= 11 is 3.54. The Balaban J connectivity index is 1.55. The SMILES string of the molecule is CC1CCCCC1CNCc1cc(Br)c2c(c1)OCO2. The van der Waals surface area contributed by atoms with E-state index >= 15 is 0 Å². The second-order valence-electron chi connectivity index (χ2n) is 5.96. The maximum absolute atomic E-state index is 5.45. The summed E-state index contributed by atoms with van der Waals surface area (Å²) in [6.45, 7) is 4.72. The highest BCUT2D eigenvalue weighted by Gasteiger charge is 2.21. The van der Waals surface area contributed by atoms with Gasteiger partial charge in [-0.25, -0.2) is 0 Å². The van der Waals surface area contributed by atoms with Crippen LogP contribution < -0.4 is 14.8 Å². The molecular formula is C16H22BrNO2. The van der Waals surface area contributed by atoms with Crippen molar-refractivity contribution >= 4 is 15.9 Å². The number of nitrogens with one attached hydrogen (secondary N) is 1. The first-order valence-electron chi connectivity index (χ1n) is 7.53. The lowest BCUT2D eigenvalue weighted by atomic mass is 9.80. The van der Waals surface area contributed by atoms with Crippen molar-refractivity contribution in [3.63, 3.8) is 0 Å². The van der Waals surface area contributed by atoms with E-state index in [1.807, 2.05) is 0 Å². The van der Waals surface area contributed by atoms with Crippen LogP contribution in [0.1, 0.15) is 38.2 Å². The fourth-order valence-corrected chi connectivity index (χ4v) is 3.82. The molecule has 0 aromatic heterocycles. The standard InChI is InChI=1S/C16H22BrNO2/c1-11-4-2-3-5-13(11)9-18-8-12-6-14(17)16-15(7-12)19-10-20-16/h6-7,11,13,18H,2-5,8-10H2,1H3. The van der Waals surface area contributed by atoms with Crippen molar-refractivity contribution in [1.29, 1.82) is 0 Å². The molecule has 0 amide bonds. The quantitative estimate of drug-likeness (QED) is 0.895. The Kier molecular flexibility index (Phi) is 4.51. The predicted octanol–water partition coefficient (Wildman–Crippen LogP) is 4.09. The van der Waals surface area contributed by atoms with E-state index in [4.69, 9.17) is 9.47 Å². The molecule has 2 atom stereocenters. The molecule has 4 heteroatoms. The van der Waals surface area contributed by atoms with Gasteiger partial charge in [0.1, 0.15) is 0 Å². The van der Waals surface area contributed by atoms with Crippen LogP contribution in [-0.2, 0) is 6.54 Å². The molecule has 2 unspecified atom stereocenters. The van der Waals surface area contributed by atoms with Crippen LogP contribution in [0.3, 0.4) is 0 Å². The Morgan fingerprint density at radius 2 is 2.10 bits per heavy atom. The molecule has 0 radical (unpaired) electrons. The lowest BCUT2D eigenvalue weighted by molar-refractivity contribution is 0.173. The summed E-state index contributed by atoms with van der Waals surface area (Å²) in [5, 5.41) is 3.60. The van der Waals surface area contributed by atoms with Gasteiger partial charge in [-0.05, 0) is 58.4 Å². The van der Waals surface area contributed by atoms with Crippen molar-refractivity contribution in [3.05, 3.63) is 22.2 Å². The minimum absolute atomic E-state index is 0.324. The minimum atomic E-state index is 0.324. The lowest BCUT2D eigenvalue weighted by Gasteiger charge is -2.28. The van der Waals surface area contributed by atoms with E-state index in [2.05, 4.69) is 40.3 Å². The summed E-state index contributed by atoms with van der Waals surface area (Å²) in [7, 11) is 0. The Morgan fingerprint density at radius 3 is 2.95 bits per heavy atom. The van der Waals surface area contributed by atoms with Gasteiger partial charge in [-0.15, -0.1) is 0 Å². The molecule has 1 N–H and O–H groups in total. The Morgan fingerprint density at radius 1 is 1.25 bits per heavy atom. The topological polar surface area (TPSA) is 30.5 Å². The molecule has 1 aromatic carbocycles. The van der Waals surface area contributed by atoms with Crippen molar-refractivity contribution in [2.75, 3.05) is 13.3 Å². The molecule has 0 bridgehead atoms. The number of rotatable bonds is 4. The molecule has 1 fully saturated rings. The number of fused-ring (bicyclic) bond motifs is 1. The largest absolute Gasteiger partial charge is 0.454 e. The summed E-state index contributed by atoms with van der Waals surface area (Å²) in [6, 6.07) is 4.19. The molecule has 1 saturated carbocycles. The fraction of sp³-hybridized carbons (Fsp3) is 0.625. The second kappa shape index (κ2) is 6.35. The molecule has 0 saturated heterocycles. The van der Waals surface area contributed by atoms with Gasteiger partial charge >= 0.3 is 0 Å². The van der Waals surface area contributed by atoms with Crippen molar-refractivity contribution in [2.24, 2.45) is 11.8 Å². The van der Waals surface area contributed by atoms with E-state index in [1.165, 1.54) is 31.2 Å². The van der Waals surface area contributed by atoms with Crippen LogP contribution in [0, 0.1) is 11.8 Å². The van der Waals surface area contributed by atoms with Gasteiger partial charge in [-0.1, -0.05) is 26.2 Å². The van der Waals surface area contributed by atoms with E-state index in [-0.39, 0.29) is 0 Å². The third-order valence-electron chi connectivity index (χ3n) is 4.51. The zero-order valence-corrected chi connectivity index (χ0v) is 13.5. The first-order chi connectivity index (χ1) is 9.74. The maximum Gasteiger partial charge on any atom is 0.231 e. The van der Waals surface area contributed by atoms with Crippen LogP contribution in [0.4, 0.5) is 0 Å². The number of ether oxygens (including phenoxy) is 2.